The molecule has 0 atom stereocenters. The number of halogens is 1. The van der Waals surface area contributed by atoms with Gasteiger partial charge in [-0.25, -0.2) is 5.43 Å². The number of carbonyl (C=O) groups is 2. The maximum absolute atomic E-state index is 11.6. The van der Waals surface area contributed by atoms with Crippen molar-refractivity contribution in [2.45, 2.75) is 6.92 Å². The fourth-order valence-corrected chi connectivity index (χ4v) is 1.58. The summed E-state index contributed by atoms with van der Waals surface area (Å²) in [6.07, 6.45) is 1.31. The molecule has 7 heteroatoms. The van der Waals surface area contributed by atoms with Gasteiger partial charge in [0.25, 0.3) is 0 Å². The highest BCUT2D eigenvalue weighted by Gasteiger charge is 2.12. The zero-order valence-electron chi connectivity index (χ0n) is 11.1. The van der Waals surface area contributed by atoms with Crippen LogP contribution in [0, 0.1) is 6.92 Å². The highest BCUT2D eigenvalue weighted by molar-refractivity contribution is 6.39. The molecule has 1 aromatic heterocycles. The SMILES string of the molecule is Cc1ccc(/C=N\NC(=O)C(=O)Nc2ccc(Cl)cc2)o1. The molecule has 0 radical (unpaired) electrons. The Morgan fingerprint density at radius 3 is 2.48 bits per heavy atom. The molecule has 0 fully saturated rings. The van der Waals surface area contributed by atoms with Gasteiger partial charge in [0, 0.05) is 10.7 Å². The molecule has 0 spiro atoms. The Hall–Kier alpha value is -2.60. The van der Waals surface area contributed by atoms with Gasteiger partial charge in [-0.2, -0.15) is 5.10 Å². The third-order valence-electron chi connectivity index (χ3n) is 2.43. The summed E-state index contributed by atoms with van der Waals surface area (Å²) in [5, 5.41) is 6.58. The van der Waals surface area contributed by atoms with Crippen molar-refractivity contribution in [1.82, 2.24) is 5.43 Å². The summed E-state index contributed by atoms with van der Waals surface area (Å²) in [4.78, 5) is 23.1. The van der Waals surface area contributed by atoms with Crippen molar-refractivity contribution in [1.29, 1.82) is 0 Å². The molecule has 2 aromatic rings. The van der Waals surface area contributed by atoms with Crippen molar-refractivity contribution in [2.24, 2.45) is 5.10 Å². The van der Waals surface area contributed by atoms with Gasteiger partial charge in [-0.3, -0.25) is 9.59 Å². The maximum atomic E-state index is 11.6. The summed E-state index contributed by atoms with van der Waals surface area (Å²) >= 11 is 5.72. The lowest BCUT2D eigenvalue weighted by molar-refractivity contribution is -0.136. The number of anilines is 1. The molecule has 6 nitrogen and oxygen atoms in total. The van der Waals surface area contributed by atoms with E-state index in [0.717, 1.165) is 5.76 Å². The first-order valence-electron chi connectivity index (χ1n) is 6.01. The molecule has 0 bridgehead atoms. The van der Waals surface area contributed by atoms with E-state index in [9.17, 15) is 9.59 Å². The van der Waals surface area contributed by atoms with Crippen LogP contribution < -0.4 is 10.7 Å². The van der Waals surface area contributed by atoms with E-state index < -0.39 is 11.8 Å². The first-order valence-corrected chi connectivity index (χ1v) is 6.39. The number of carbonyl (C=O) groups excluding carboxylic acids is 2. The highest BCUT2D eigenvalue weighted by Crippen LogP contribution is 2.13. The van der Waals surface area contributed by atoms with Gasteiger partial charge in [0.05, 0.1) is 6.21 Å². The van der Waals surface area contributed by atoms with E-state index in [4.69, 9.17) is 16.0 Å². The zero-order chi connectivity index (χ0) is 15.2. The number of amides is 2. The minimum absolute atomic E-state index is 0.463. The van der Waals surface area contributed by atoms with Crippen LogP contribution in [-0.2, 0) is 9.59 Å². The van der Waals surface area contributed by atoms with Crippen molar-refractivity contribution in [3.8, 4) is 0 Å². The predicted octanol–water partition coefficient (Wildman–Crippen LogP) is 2.33. The Morgan fingerprint density at radius 2 is 1.86 bits per heavy atom. The molecular formula is C14H12ClN3O3. The Labute approximate surface area is 125 Å². The number of nitrogens with one attached hydrogen (secondary N) is 2. The number of furan rings is 1. The van der Waals surface area contributed by atoms with E-state index in [1.807, 2.05) is 0 Å². The van der Waals surface area contributed by atoms with E-state index in [0.29, 0.717) is 16.5 Å². The van der Waals surface area contributed by atoms with Crippen LogP contribution in [0.5, 0.6) is 0 Å². The second-order valence-electron chi connectivity index (χ2n) is 4.11. The number of hydrazone groups is 1. The lowest BCUT2D eigenvalue weighted by atomic mass is 10.3. The van der Waals surface area contributed by atoms with E-state index in [-0.39, 0.29) is 0 Å². The summed E-state index contributed by atoms with van der Waals surface area (Å²) in [5.41, 5.74) is 2.57. The molecule has 21 heavy (non-hydrogen) atoms. The van der Waals surface area contributed by atoms with Gasteiger partial charge in [-0.1, -0.05) is 11.6 Å². The van der Waals surface area contributed by atoms with Crippen LogP contribution in [0.25, 0.3) is 0 Å². The minimum atomic E-state index is -0.885. The van der Waals surface area contributed by atoms with Crippen molar-refractivity contribution >= 4 is 35.3 Å². The van der Waals surface area contributed by atoms with E-state index >= 15 is 0 Å². The Morgan fingerprint density at radius 1 is 1.14 bits per heavy atom. The summed E-state index contributed by atoms with van der Waals surface area (Å²) in [6, 6.07) is 9.83. The predicted molar refractivity (Wildman–Crippen MR) is 79.3 cm³/mol. The zero-order valence-corrected chi connectivity index (χ0v) is 11.8. The van der Waals surface area contributed by atoms with Crippen molar-refractivity contribution < 1.29 is 14.0 Å². The molecule has 0 unspecified atom stereocenters. The minimum Gasteiger partial charge on any atom is -0.460 e. The quantitative estimate of drug-likeness (QED) is 0.518. The fourth-order valence-electron chi connectivity index (χ4n) is 1.45. The topological polar surface area (TPSA) is 83.7 Å². The average molecular weight is 306 g/mol. The Balaban J connectivity index is 1.86. The van der Waals surface area contributed by atoms with Gasteiger partial charge < -0.3 is 9.73 Å². The van der Waals surface area contributed by atoms with E-state index in [1.165, 1.54) is 6.21 Å². The normalized spacial score (nSPS) is 10.6. The molecule has 2 amide bonds. The summed E-state index contributed by atoms with van der Waals surface area (Å²) in [6.45, 7) is 1.79. The summed E-state index contributed by atoms with van der Waals surface area (Å²) in [5.74, 6) is -0.510. The number of hydrogen-bond donors (Lipinski definition) is 2. The number of rotatable bonds is 3. The molecule has 108 valence electrons. The number of hydrogen-bond acceptors (Lipinski definition) is 4. The van der Waals surface area contributed by atoms with Gasteiger partial charge in [0.2, 0.25) is 0 Å². The van der Waals surface area contributed by atoms with Crippen LogP contribution in [0.1, 0.15) is 11.5 Å². The Bertz CT molecular complexity index is 677. The summed E-state index contributed by atoms with van der Waals surface area (Å²) in [7, 11) is 0. The van der Waals surface area contributed by atoms with Crippen LogP contribution >= 0.6 is 11.6 Å². The van der Waals surface area contributed by atoms with Gasteiger partial charge >= 0.3 is 11.8 Å². The standard InChI is InChI=1S/C14H12ClN3O3/c1-9-2-7-12(21-9)8-16-18-14(20)13(19)17-11-5-3-10(15)4-6-11/h2-8H,1H3,(H,17,19)(H,18,20)/b16-8-. The number of nitrogens with zero attached hydrogens (tertiary/aromatic N) is 1. The molecular weight excluding hydrogens is 294 g/mol. The molecule has 2 rings (SSSR count). The first-order chi connectivity index (χ1) is 10.0. The third-order valence-corrected chi connectivity index (χ3v) is 2.68. The second-order valence-corrected chi connectivity index (χ2v) is 4.54. The second kappa shape index (κ2) is 6.71. The third kappa shape index (κ3) is 4.47. The highest BCUT2D eigenvalue weighted by atomic mass is 35.5. The maximum Gasteiger partial charge on any atom is 0.329 e. The van der Waals surface area contributed by atoms with Gasteiger partial charge in [-0.15, -0.1) is 0 Å². The van der Waals surface area contributed by atoms with Gasteiger partial charge in [0.15, 0.2) is 0 Å². The summed E-state index contributed by atoms with van der Waals surface area (Å²) < 4.78 is 5.22. The van der Waals surface area contributed by atoms with Crippen molar-refractivity contribution in [3.05, 3.63) is 52.9 Å². The lowest BCUT2D eigenvalue weighted by Gasteiger charge is -2.03. The number of benzene rings is 1. The van der Waals surface area contributed by atoms with Crippen LogP contribution in [0.2, 0.25) is 5.02 Å². The molecule has 0 saturated carbocycles. The monoisotopic (exact) mass is 305 g/mol. The molecule has 1 heterocycles. The van der Waals surface area contributed by atoms with Gasteiger partial charge in [-0.05, 0) is 43.3 Å². The molecule has 0 aliphatic carbocycles. The average Bonchev–Trinajstić information content (AvgIpc) is 2.87. The van der Waals surface area contributed by atoms with Crippen LogP contribution in [-0.4, -0.2) is 18.0 Å². The molecule has 1 aromatic carbocycles. The first kappa shape index (κ1) is 14.8. The van der Waals surface area contributed by atoms with Crippen LogP contribution in [0.15, 0.2) is 45.9 Å². The van der Waals surface area contributed by atoms with E-state index in [2.05, 4.69) is 15.8 Å². The lowest BCUT2D eigenvalue weighted by Crippen LogP contribution is -2.32. The van der Waals surface area contributed by atoms with Crippen LogP contribution in [0.4, 0.5) is 5.69 Å². The van der Waals surface area contributed by atoms with Gasteiger partial charge in [0.1, 0.15) is 11.5 Å². The van der Waals surface area contributed by atoms with E-state index in [1.54, 1.807) is 43.3 Å². The molecule has 0 saturated heterocycles. The smallest absolute Gasteiger partial charge is 0.329 e. The Kier molecular flexibility index (Phi) is 4.73. The van der Waals surface area contributed by atoms with Crippen molar-refractivity contribution in [2.75, 3.05) is 5.32 Å². The largest absolute Gasteiger partial charge is 0.460 e. The number of aryl methyl sites for hydroxylation is 1. The molecule has 0 aliphatic rings. The molecule has 2 N–H and O–H groups in total. The van der Waals surface area contributed by atoms with Crippen molar-refractivity contribution in [3.63, 3.8) is 0 Å². The fraction of sp³-hybridized carbons (Fsp3) is 0.0714. The molecule has 0 aliphatic heterocycles. The van der Waals surface area contributed by atoms with Crippen LogP contribution in [0.3, 0.4) is 0 Å².